The summed E-state index contributed by atoms with van der Waals surface area (Å²) in [5.74, 6) is -2.05. The number of urea groups is 1. The van der Waals surface area contributed by atoms with Crippen LogP contribution in [0, 0.1) is 5.82 Å². The summed E-state index contributed by atoms with van der Waals surface area (Å²) >= 11 is 5.82. The summed E-state index contributed by atoms with van der Waals surface area (Å²) in [5, 5.41) is 5.86. The van der Waals surface area contributed by atoms with Crippen molar-refractivity contribution in [3.8, 4) is 0 Å². The van der Waals surface area contributed by atoms with Crippen molar-refractivity contribution in [2.24, 2.45) is 0 Å². The number of ketones is 1. The molecule has 0 aliphatic carbocycles. The van der Waals surface area contributed by atoms with Crippen molar-refractivity contribution < 1.29 is 28.0 Å². The Balaban J connectivity index is 1.16. The van der Waals surface area contributed by atoms with Crippen molar-refractivity contribution >= 4 is 51.8 Å². The van der Waals surface area contributed by atoms with Crippen molar-refractivity contribution in [3.05, 3.63) is 88.3 Å². The third-order valence-corrected chi connectivity index (χ3v) is 8.34. The second-order valence-corrected chi connectivity index (χ2v) is 11.5. The van der Waals surface area contributed by atoms with Gasteiger partial charge in [0.1, 0.15) is 30.9 Å². The molecule has 1 saturated heterocycles. The van der Waals surface area contributed by atoms with Crippen LogP contribution in [-0.4, -0.2) is 66.7 Å². The SMILES string of the molecule is CC(=O)c1cn(CC(=O)N2C[C@H](F)C[C@H]2C(=O)NCc2cccc(Cl)c2F)c2ccc(NC(=O)N3Cc4cncnc4C3)cc12. The molecule has 2 aliphatic heterocycles. The fourth-order valence-corrected chi connectivity index (χ4v) is 5.96. The maximum Gasteiger partial charge on any atom is 0.322 e. The van der Waals surface area contributed by atoms with Gasteiger partial charge in [0, 0.05) is 58.6 Å². The van der Waals surface area contributed by atoms with Crippen LogP contribution in [0.5, 0.6) is 0 Å². The minimum atomic E-state index is -1.41. The van der Waals surface area contributed by atoms with Crippen LogP contribution in [0.3, 0.4) is 0 Å². The molecule has 0 spiro atoms. The number of aromatic nitrogens is 3. The van der Waals surface area contributed by atoms with Gasteiger partial charge in [-0.05, 0) is 31.2 Å². The van der Waals surface area contributed by atoms with Crippen LogP contribution in [0.15, 0.2) is 55.1 Å². The van der Waals surface area contributed by atoms with Crippen LogP contribution >= 0.6 is 11.6 Å². The van der Waals surface area contributed by atoms with Crippen molar-refractivity contribution in [1.82, 2.24) is 29.7 Å². The van der Waals surface area contributed by atoms with Crippen LogP contribution < -0.4 is 10.6 Å². The molecule has 0 unspecified atom stereocenters. The number of carbonyl (C=O) groups excluding carboxylic acids is 4. The van der Waals surface area contributed by atoms with E-state index in [9.17, 15) is 28.0 Å². The number of anilines is 1. The molecule has 2 atom stereocenters. The molecule has 11 nitrogen and oxygen atoms in total. The van der Waals surface area contributed by atoms with E-state index >= 15 is 0 Å². The number of amides is 4. The van der Waals surface area contributed by atoms with Gasteiger partial charge >= 0.3 is 6.03 Å². The Kier molecular flexibility index (Phi) is 8.19. The van der Waals surface area contributed by atoms with Gasteiger partial charge in [-0.3, -0.25) is 14.4 Å². The number of benzene rings is 2. The first kappa shape index (κ1) is 30.1. The number of nitrogens with zero attached hydrogens (tertiary/aromatic N) is 5. The summed E-state index contributed by atoms with van der Waals surface area (Å²) in [6.45, 7) is 1.39. The molecule has 14 heteroatoms. The monoisotopic (exact) mass is 635 g/mol. The van der Waals surface area contributed by atoms with E-state index in [1.54, 1.807) is 39.9 Å². The summed E-state index contributed by atoms with van der Waals surface area (Å²) in [6.07, 6.45) is 3.04. The highest BCUT2D eigenvalue weighted by Crippen LogP contribution is 2.28. The summed E-state index contributed by atoms with van der Waals surface area (Å²) in [6, 6.07) is 7.97. The fourth-order valence-electron chi connectivity index (χ4n) is 5.76. The minimum Gasteiger partial charge on any atom is -0.350 e. The van der Waals surface area contributed by atoms with Crippen LogP contribution in [0.2, 0.25) is 5.02 Å². The zero-order valence-electron chi connectivity index (χ0n) is 24.1. The molecule has 6 rings (SSSR count). The standard InChI is InChI=1S/C31H28ClF2N7O4/c1-17(42)23-13-39(26-6-5-21(8-22(23)26)38-31(45)40-11-19-9-35-16-37-25(19)14-40)15-28(43)41-12-20(33)7-27(41)30(44)36-10-18-3-2-4-24(32)29(18)34/h2-6,8-9,13,16,20,27H,7,10-12,14-15H2,1H3,(H,36,44)(H,38,45)/t20-,27+/m1/s1. The molecule has 45 heavy (non-hydrogen) atoms. The summed E-state index contributed by atoms with van der Waals surface area (Å²) in [7, 11) is 0. The number of carbonyl (C=O) groups is 4. The second-order valence-electron chi connectivity index (χ2n) is 11.1. The number of alkyl halides is 1. The third-order valence-electron chi connectivity index (χ3n) is 8.05. The molecule has 4 aromatic rings. The normalized spacial score (nSPS) is 17.4. The molecule has 0 saturated carbocycles. The zero-order valence-corrected chi connectivity index (χ0v) is 24.9. The summed E-state index contributed by atoms with van der Waals surface area (Å²) in [4.78, 5) is 62.9. The number of hydrogen-bond donors (Lipinski definition) is 2. The first-order valence-electron chi connectivity index (χ1n) is 14.2. The summed E-state index contributed by atoms with van der Waals surface area (Å²) < 4.78 is 30.4. The minimum absolute atomic E-state index is 0.0884. The Hall–Kier alpha value is -4.91. The Morgan fingerprint density at radius 2 is 1.96 bits per heavy atom. The predicted octanol–water partition coefficient (Wildman–Crippen LogP) is 4.23. The third kappa shape index (κ3) is 6.07. The van der Waals surface area contributed by atoms with Gasteiger partial charge in [0.05, 0.1) is 30.4 Å². The zero-order chi connectivity index (χ0) is 31.8. The van der Waals surface area contributed by atoms with Gasteiger partial charge in [0.15, 0.2) is 5.78 Å². The number of nitrogens with one attached hydrogen (secondary N) is 2. The molecular formula is C31H28ClF2N7O4. The average Bonchev–Trinajstić information content (AvgIpc) is 3.73. The topological polar surface area (TPSA) is 130 Å². The summed E-state index contributed by atoms with van der Waals surface area (Å²) in [5.41, 5.74) is 3.14. The smallest absolute Gasteiger partial charge is 0.322 e. The molecule has 4 heterocycles. The highest BCUT2D eigenvalue weighted by atomic mass is 35.5. The van der Waals surface area contributed by atoms with Gasteiger partial charge in [-0.2, -0.15) is 0 Å². The maximum absolute atomic E-state index is 14.5. The lowest BCUT2D eigenvalue weighted by molar-refractivity contribution is -0.139. The molecule has 1 fully saturated rings. The lowest BCUT2D eigenvalue weighted by Gasteiger charge is -2.24. The number of fused-ring (bicyclic) bond motifs is 2. The Morgan fingerprint density at radius 1 is 1.13 bits per heavy atom. The number of likely N-dealkylation sites (tertiary alicyclic amines) is 1. The van der Waals surface area contributed by atoms with Gasteiger partial charge < -0.3 is 25.0 Å². The van der Waals surface area contributed by atoms with E-state index in [4.69, 9.17) is 11.6 Å². The van der Waals surface area contributed by atoms with Gasteiger partial charge in [0.2, 0.25) is 11.8 Å². The van der Waals surface area contributed by atoms with Crippen molar-refractivity contribution in [2.45, 2.75) is 51.7 Å². The van der Waals surface area contributed by atoms with Crippen molar-refractivity contribution in [1.29, 1.82) is 0 Å². The second kappa shape index (κ2) is 12.2. The van der Waals surface area contributed by atoms with E-state index in [-0.39, 0.29) is 48.5 Å². The molecule has 0 bridgehead atoms. The van der Waals surface area contributed by atoms with E-state index in [0.717, 1.165) is 11.3 Å². The lowest BCUT2D eigenvalue weighted by atomic mass is 10.1. The van der Waals surface area contributed by atoms with E-state index in [1.165, 1.54) is 36.5 Å². The quantitative estimate of drug-likeness (QED) is 0.293. The number of Topliss-reactive ketones (excluding diaryl/α,β-unsaturated/α-hetero) is 1. The Morgan fingerprint density at radius 3 is 2.73 bits per heavy atom. The predicted molar refractivity (Wildman–Crippen MR) is 161 cm³/mol. The molecule has 232 valence electrons. The lowest BCUT2D eigenvalue weighted by Crippen LogP contribution is -2.46. The van der Waals surface area contributed by atoms with Crippen molar-refractivity contribution in [2.75, 3.05) is 11.9 Å². The number of halogens is 3. The highest BCUT2D eigenvalue weighted by molar-refractivity contribution is 6.30. The molecule has 2 aromatic carbocycles. The van der Waals surface area contributed by atoms with Crippen LogP contribution in [-0.2, 0) is 35.8 Å². The Bertz CT molecular complexity index is 1820. The van der Waals surface area contributed by atoms with Crippen molar-refractivity contribution in [3.63, 3.8) is 0 Å². The first-order valence-corrected chi connectivity index (χ1v) is 14.6. The van der Waals surface area contributed by atoms with E-state index in [2.05, 4.69) is 20.6 Å². The molecule has 4 amide bonds. The number of hydrogen-bond acceptors (Lipinski definition) is 6. The molecule has 2 aliphatic rings. The molecule has 0 radical (unpaired) electrons. The first-order chi connectivity index (χ1) is 21.6. The van der Waals surface area contributed by atoms with Crippen LogP contribution in [0.25, 0.3) is 10.9 Å². The van der Waals surface area contributed by atoms with Gasteiger partial charge in [-0.15, -0.1) is 0 Å². The van der Waals surface area contributed by atoms with Crippen LogP contribution in [0.4, 0.5) is 19.3 Å². The highest BCUT2D eigenvalue weighted by Gasteiger charge is 2.40. The van der Waals surface area contributed by atoms with Crippen LogP contribution in [0.1, 0.15) is 40.5 Å². The van der Waals surface area contributed by atoms with E-state index in [0.29, 0.717) is 35.2 Å². The van der Waals surface area contributed by atoms with Gasteiger partial charge in [0.25, 0.3) is 0 Å². The van der Waals surface area contributed by atoms with E-state index in [1.807, 2.05) is 0 Å². The fraction of sp³-hybridized carbons (Fsp3) is 0.290. The Labute approximate surface area is 261 Å². The van der Waals surface area contributed by atoms with Gasteiger partial charge in [-0.25, -0.2) is 23.5 Å². The molecular weight excluding hydrogens is 608 g/mol. The molecule has 2 aromatic heterocycles. The maximum atomic E-state index is 14.5. The number of rotatable bonds is 7. The average molecular weight is 636 g/mol. The molecule has 2 N–H and O–H groups in total. The van der Waals surface area contributed by atoms with Gasteiger partial charge in [-0.1, -0.05) is 23.7 Å². The largest absolute Gasteiger partial charge is 0.350 e. The van der Waals surface area contributed by atoms with E-state index < -0.39 is 29.8 Å².